The van der Waals surface area contributed by atoms with Gasteiger partial charge in [0.2, 0.25) is 0 Å². The van der Waals surface area contributed by atoms with Gasteiger partial charge in [0.25, 0.3) is 0 Å². The quantitative estimate of drug-likeness (QED) is 0.860. The molecule has 0 aromatic heterocycles. The minimum absolute atomic E-state index is 0.0857. The van der Waals surface area contributed by atoms with E-state index in [9.17, 15) is 5.11 Å². The van der Waals surface area contributed by atoms with Gasteiger partial charge in [0.1, 0.15) is 5.75 Å². The molecule has 3 nitrogen and oxygen atoms in total. The Morgan fingerprint density at radius 2 is 1.89 bits per heavy atom. The fraction of sp³-hybridized carbons (Fsp3) is 0.625. The van der Waals surface area contributed by atoms with Crippen LogP contribution in [0.4, 0.5) is 0 Å². The van der Waals surface area contributed by atoms with Crippen molar-refractivity contribution in [1.29, 1.82) is 0 Å². The third-order valence-electron chi connectivity index (χ3n) is 4.44. The van der Waals surface area contributed by atoms with Crippen LogP contribution < -0.4 is 10.1 Å². The van der Waals surface area contributed by atoms with Crippen LogP contribution in [0, 0.1) is 5.92 Å². The van der Waals surface area contributed by atoms with Gasteiger partial charge in [-0.25, -0.2) is 0 Å². The highest BCUT2D eigenvalue weighted by molar-refractivity contribution is 5.38. The second-order valence-electron chi connectivity index (χ2n) is 5.98. The first kappa shape index (κ1) is 12.9. The van der Waals surface area contributed by atoms with Gasteiger partial charge in [0.05, 0.1) is 12.7 Å². The van der Waals surface area contributed by atoms with E-state index in [1.165, 1.54) is 5.56 Å². The number of rotatable bonds is 2. The number of hydrogen-bond acceptors (Lipinski definition) is 3. The van der Waals surface area contributed by atoms with Crippen LogP contribution in [0.2, 0.25) is 0 Å². The summed E-state index contributed by atoms with van der Waals surface area (Å²) in [6.07, 6.45) is 3.92. The Labute approximate surface area is 115 Å². The van der Waals surface area contributed by atoms with Gasteiger partial charge in [-0.15, -0.1) is 0 Å². The molecule has 1 heterocycles. The number of fused-ring (bicyclic) bond motifs is 1. The maximum atomic E-state index is 9.59. The Morgan fingerprint density at radius 3 is 2.68 bits per heavy atom. The van der Waals surface area contributed by atoms with Crippen molar-refractivity contribution in [2.75, 3.05) is 6.61 Å². The topological polar surface area (TPSA) is 41.5 Å². The van der Waals surface area contributed by atoms with Gasteiger partial charge in [-0.2, -0.15) is 0 Å². The summed E-state index contributed by atoms with van der Waals surface area (Å²) in [6.45, 7) is 3.02. The molecule has 2 aliphatic rings. The normalized spacial score (nSPS) is 34.4. The van der Waals surface area contributed by atoms with Crippen molar-refractivity contribution >= 4 is 0 Å². The van der Waals surface area contributed by atoms with Crippen LogP contribution in [0.1, 0.15) is 44.2 Å². The van der Waals surface area contributed by atoms with Crippen LogP contribution in [0.5, 0.6) is 5.75 Å². The van der Waals surface area contributed by atoms with Gasteiger partial charge in [0.15, 0.2) is 0 Å². The Kier molecular flexibility index (Phi) is 3.76. The monoisotopic (exact) mass is 261 g/mol. The van der Waals surface area contributed by atoms with Gasteiger partial charge in [-0.3, -0.25) is 0 Å². The van der Waals surface area contributed by atoms with Crippen molar-refractivity contribution in [2.45, 2.75) is 50.8 Å². The van der Waals surface area contributed by atoms with Crippen LogP contribution in [-0.2, 0) is 0 Å². The molecular weight excluding hydrogens is 238 g/mol. The first-order chi connectivity index (χ1) is 9.24. The Bertz CT molecular complexity index is 427. The Balaban J connectivity index is 1.73. The molecule has 1 aliphatic heterocycles. The number of hydrogen-bond donors (Lipinski definition) is 2. The molecule has 2 unspecified atom stereocenters. The van der Waals surface area contributed by atoms with E-state index in [0.29, 0.717) is 18.0 Å². The molecule has 1 saturated carbocycles. The van der Waals surface area contributed by atoms with Crippen LogP contribution in [0.15, 0.2) is 24.3 Å². The maximum absolute atomic E-state index is 9.59. The fourth-order valence-corrected chi connectivity index (χ4v) is 3.24. The van der Waals surface area contributed by atoms with Crippen molar-refractivity contribution in [1.82, 2.24) is 5.32 Å². The molecule has 104 valence electrons. The lowest BCUT2D eigenvalue weighted by atomic mass is 9.88. The van der Waals surface area contributed by atoms with Crippen molar-refractivity contribution in [3.63, 3.8) is 0 Å². The van der Waals surface area contributed by atoms with Gasteiger partial charge < -0.3 is 15.2 Å². The summed E-state index contributed by atoms with van der Waals surface area (Å²) in [5.74, 6) is 1.51. The molecule has 1 aromatic rings. The van der Waals surface area contributed by atoms with Crippen molar-refractivity contribution in [3.05, 3.63) is 29.8 Å². The highest BCUT2D eigenvalue weighted by atomic mass is 16.5. The number of ether oxygens (including phenoxy) is 1. The van der Waals surface area contributed by atoms with E-state index in [1.807, 2.05) is 6.07 Å². The first-order valence-corrected chi connectivity index (χ1v) is 7.40. The number of nitrogens with one attached hydrogen (secondary N) is 1. The molecule has 0 amide bonds. The largest absolute Gasteiger partial charge is 0.493 e. The molecule has 3 heteroatoms. The summed E-state index contributed by atoms with van der Waals surface area (Å²) in [4.78, 5) is 0. The molecule has 0 saturated heterocycles. The number of benzene rings is 1. The van der Waals surface area contributed by atoms with Crippen molar-refractivity contribution < 1.29 is 9.84 Å². The molecule has 1 aliphatic carbocycles. The van der Waals surface area contributed by atoms with Crippen molar-refractivity contribution in [2.24, 2.45) is 5.92 Å². The Hall–Kier alpha value is -1.06. The second kappa shape index (κ2) is 5.51. The van der Waals surface area contributed by atoms with Gasteiger partial charge in [-0.1, -0.05) is 25.1 Å². The third-order valence-corrected chi connectivity index (χ3v) is 4.44. The molecule has 0 radical (unpaired) electrons. The molecule has 0 spiro atoms. The predicted molar refractivity (Wildman–Crippen MR) is 75.2 cm³/mol. The van der Waals surface area contributed by atoms with Crippen LogP contribution in [0.3, 0.4) is 0 Å². The lowest BCUT2D eigenvalue weighted by Gasteiger charge is -2.36. The molecule has 19 heavy (non-hydrogen) atoms. The zero-order chi connectivity index (χ0) is 13.2. The van der Waals surface area contributed by atoms with E-state index in [0.717, 1.165) is 38.0 Å². The van der Waals surface area contributed by atoms with Gasteiger partial charge in [0, 0.05) is 23.6 Å². The average Bonchev–Trinajstić information content (AvgIpc) is 2.44. The van der Waals surface area contributed by atoms with Crippen molar-refractivity contribution in [3.8, 4) is 5.75 Å². The first-order valence-electron chi connectivity index (χ1n) is 7.40. The zero-order valence-corrected chi connectivity index (χ0v) is 11.5. The SMILES string of the molecule is CC1COc2ccccc2C1NC1CCC(O)CC1. The summed E-state index contributed by atoms with van der Waals surface area (Å²) in [5, 5.41) is 13.4. The Morgan fingerprint density at radius 1 is 1.16 bits per heavy atom. The lowest BCUT2D eigenvalue weighted by molar-refractivity contribution is 0.106. The fourth-order valence-electron chi connectivity index (χ4n) is 3.24. The van der Waals surface area contributed by atoms with E-state index < -0.39 is 0 Å². The van der Waals surface area contributed by atoms with E-state index in [-0.39, 0.29) is 6.10 Å². The minimum atomic E-state index is -0.0857. The van der Waals surface area contributed by atoms with Gasteiger partial charge in [-0.05, 0) is 31.7 Å². The number of aliphatic hydroxyl groups excluding tert-OH is 1. The molecule has 0 bridgehead atoms. The molecule has 2 N–H and O–H groups in total. The molecule has 2 atom stereocenters. The molecule has 1 fully saturated rings. The van der Waals surface area contributed by atoms with Crippen LogP contribution in [-0.4, -0.2) is 23.9 Å². The predicted octanol–water partition coefficient (Wildman–Crippen LogP) is 2.65. The summed E-state index contributed by atoms with van der Waals surface area (Å²) >= 11 is 0. The highest BCUT2D eigenvalue weighted by Gasteiger charge is 2.30. The summed E-state index contributed by atoms with van der Waals surface area (Å²) in [7, 11) is 0. The maximum Gasteiger partial charge on any atom is 0.124 e. The standard InChI is InChI=1S/C16H23NO2/c1-11-10-19-15-5-3-2-4-14(15)16(11)17-12-6-8-13(18)9-7-12/h2-5,11-13,16-18H,6-10H2,1H3. The van der Waals surface area contributed by atoms with E-state index in [4.69, 9.17) is 4.74 Å². The minimum Gasteiger partial charge on any atom is -0.493 e. The number of aliphatic hydroxyl groups is 1. The molecule has 1 aromatic carbocycles. The zero-order valence-electron chi connectivity index (χ0n) is 11.5. The molecule has 3 rings (SSSR count). The smallest absolute Gasteiger partial charge is 0.124 e. The van der Waals surface area contributed by atoms with Gasteiger partial charge >= 0.3 is 0 Å². The van der Waals surface area contributed by atoms with E-state index in [2.05, 4.69) is 30.4 Å². The van der Waals surface area contributed by atoms with Crippen LogP contribution >= 0.6 is 0 Å². The summed E-state index contributed by atoms with van der Waals surface area (Å²) < 4.78 is 5.79. The summed E-state index contributed by atoms with van der Waals surface area (Å²) in [5.41, 5.74) is 1.28. The summed E-state index contributed by atoms with van der Waals surface area (Å²) in [6, 6.07) is 9.25. The number of para-hydroxylation sites is 1. The molecular formula is C16H23NO2. The average molecular weight is 261 g/mol. The second-order valence-corrected chi connectivity index (χ2v) is 5.98. The van der Waals surface area contributed by atoms with E-state index >= 15 is 0 Å². The van der Waals surface area contributed by atoms with Crippen LogP contribution in [0.25, 0.3) is 0 Å². The highest BCUT2D eigenvalue weighted by Crippen LogP contribution is 2.36. The third kappa shape index (κ3) is 2.77. The van der Waals surface area contributed by atoms with E-state index in [1.54, 1.807) is 0 Å². The lowest BCUT2D eigenvalue weighted by Crippen LogP contribution is -2.42.